The molecule has 2 aromatic carbocycles. The Hall–Kier alpha value is -3.75. The van der Waals surface area contributed by atoms with Crippen molar-refractivity contribution < 1.29 is 23.6 Å². The number of primary amides is 1. The zero-order chi connectivity index (χ0) is 21.2. The minimum absolute atomic E-state index is 0.0506. The number of halogens is 1. The van der Waals surface area contributed by atoms with E-state index in [1.807, 2.05) is 6.07 Å². The molecule has 0 unspecified atom stereocenters. The number of hydrogen-bond acceptors (Lipinski definition) is 4. The summed E-state index contributed by atoms with van der Waals surface area (Å²) in [4.78, 5) is 47.7. The number of hydrazine groups is 1. The summed E-state index contributed by atoms with van der Waals surface area (Å²) in [5.41, 5.74) is 10.5. The molecule has 0 aliphatic rings. The van der Waals surface area contributed by atoms with Crippen molar-refractivity contribution in [2.24, 2.45) is 5.73 Å². The standard InChI is InChI=1S/C20H21FN4O4/c21-15-8-6-14(7-9-15)19(28)23-16(10-11-17(22)26)20(29)25-24-18(27)12-13-4-2-1-3-5-13/h1-9,16H,10-12H2,(H2,22,26)(H,23,28)(H,24,27)(H,25,29)/t16-/m0/s1. The Morgan fingerprint density at radius 1 is 0.931 bits per heavy atom. The lowest BCUT2D eigenvalue weighted by atomic mass is 10.1. The average molecular weight is 400 g/mol. The molecule has 2 aromatic rings. The Labute approximate surface area is 166 Å². The summed E-state index contributed by atoms with van der Waals surface area (Å²) in [6.45, 7) is 0. The van der Waals surface area contributed by atoms with Crippen LogP contribution in [0, 0.1) is 5.82 Å². The van der Waals surface area contributed by atoms with Gasteiger partial charge in [0.15, 0.2) is 0 Å². The van der Waals surface area contributed by atoms with Gasteiger partial charge in [0.1, 0.15) is 11.9 Å². The maximum Gasteiger partial charge on any atom is 0.260 e. The van der Waals surface area contributed by atoms with E-state index >= 15 is 0 Å². The number of hydrogen-bond donors (Lipinski definition) is 4. The predicted molar refractivity (Wildman–Crippen MR) is 103 cm³/mol. The van der Waals surface area contributed by atoms with Crippen LogP contribution in [-0.4, -0.2) is 29.7 Å². The van der Waals surface area contributed by atoms with Gasteiger partial charge in [-0.25, -0.2) is 4.39 Å². The first-order chi connectivity index (χ1) is 13.8. The molecule has 0 radical (unpaired) electrons. The summed E-state index contributed by atoms with van der Waals surface area (Å²) in [5.74, 6) is -2.96. The van der Waals surface area contributed by atoms with Crippen LogP contribution in [-0.2, 0) is 20.8 Å². The third-order valence-electron chi connectivity index (χ3n) is 3.94. The highest BCUT2D eigenvalue weighted by molar-refractivity contribution is 5.98. The van der Waals surface area contributed by atoms with Crippen molar-refractivity contribution in [1.29, 1.82) is 0 Å². The van der Waals surface area contributed by atoms with Crippen LogP contribution < -0.4 is 21.9 Å². The van der Waals surface area contributed by atoms with Crippen molar-refractivity contribution in [3.05, 3.63) is 71.5 Å². The van der Waals surface area contributed by atoms with E-state index in [0.29, 0.717) is 0 Å². The van der Waals surface area contributed by atoms with Gasteiger partial charge in [0, 0.05) is 12.0 Å². The van der Waals surface area contributed by atoms with Crippen molar-refractivity contribution in [3.8, 4) is 0 Å². The summed E-state index contributed by atoms with van der Waals surface area (Å²) in [6, 6.07) is 12.5. The van der Waals surface area contributed by atoms with Crippen LogP contribution >= 0.6 is 0 Å². The van der Waals surface area contributed by atoms with Crippen LogP contribution in [0.25, 0.3) is 0 Å². The lowest BCUT2D eigenvalue weighted by Gasteiger charge is -2.18. The monoisotopic (exact) mass is 400 g/mol. The molecule has 0 bridgehead atoms. The molecule has 0 heterocycles. The number of carbonyl (C=O) groups is 4. The summed E-state index contributed by atoms with van der Waals surface area (Å²) in [6.07, 6.45) is -0.169. The molecule has 2 rings (SSSR count). The Balaban J connectivity index is 1.95. The number of amides is 4. The first kappa shape index (κ1) is 21.5. The van der Waals surface area contributed by atoms with Crippen molar-refractivity contribution in [2.75, 3.05) is 0 Å². The van der Waals surface area contributed by atoms with Gasteiger partial charge >= 0.3 is 0 Å². The Bertz CT molecular complexity index is 872. The number of nitrogens with one attached hydrogen (secondary N) is 3. The first-order valence-electron chi connectivity index (χ1n) is 8.82. The fourth-order valence-corrected chi connectivity index (χ4v) is 2.44. The largest absolute Gasteiger partial charge is 0.370 e. The van der Waals surface area contributed by atoms with Gasteiger partial charge in [0.2, 0.25) is 11.8 Å². The maximum atomic E-state index is 13.0. The lowest BCUT2D eigenvalue weighted by molar-refractivity contribution is -0.130. The zero-order valence-electron chi connectivity index (χ0n) is 15.5. The Morgan fingerprint density at radius 3 is 2.21 bits per heavy atom. The molecule has 29 heavy (non-hydrogen) atoms. The molecule has 0 fully saturated rings. The number of nitrogens with two attached hydrogens (primary N) is 1. The number of rotatable bonds is 8. The van der Waals surface area contributed by atoms with E-state index in [9.17, 15) is 23.6 Å². The SMILES string of the molecule is NC(=O)CC[C@H](NC(=O)c1ccc(F)cc1)C(=O)NNC(=O)Cc1ccccc1. The highest BCUT2D eigenvalue weighted by atomic mass is 19.1. The van der Waals surface area contributed by atoms with E-state index in [2.05, 4.69) is 16.2 Å². The molecule has 0 spiro atoms. The topological polar surface area (TPSA) is 130 Å². The molecule has 4 amide bonds. The van der Waals surface area contributed by atoms with Gasteiger partial charge in [-0.3, -0.25) is 30.0 Å². The van der Waals surface area contributed by atoms with Gasteiger partial charge in [-0.05, 0) is 36.2 Å². The minimum atomic E-state index is -1.13. The van der Waals surface area contributed by atoms with Crippen LogP contribution in [0.4, 0.5) is 4.39 Å². The number of benzene rings is 2. The smallest absolute Gasteiger partial charge is 0.260 e. The second-order valence-corrected chi connectivity index (χ2v) is 6.24. The van der Waals surface area contributed by atoms with Gasteiger partial charge in [-0.1, -0.05) is 30.3 Å². The molecule has 0 aromatic heterocycles. The van der Waals surface area contributed by atoms with E-state index in [1.54, 1.807) is 24.3 Å². The molecule has 1 atom stereocenters. The van der Waals surface area contributed by atoms with Crippen molar-refractivity contribution in [3.63, 3.8) is 0 Å². The van der Waals surface area contributed by atoms with E-state index in [-0.39, 0.29) is 24.8 Å². The fraction of sp³-hybridized carbons (Fsp3) is 0.200. The quantitative estimate of drug-likeness (QED) is 0.483. The summed E-state index contributed by atoms with van der Waals surface area (Å²) < 4.78 is 13.0. The zero-order valence-corrected chi connectivity index (χ0v) is 15.5. The van der Waals surface area contributed by atoms with E-state index in [0.717, 1.165) is 17.7 Å². The molecule has 9 heteroatoms. The van der Waals surface area contributed by atoms with E-state index in [4.69, 9.17) is 5.73 Å². The predicted octanol–water partition coefficient (Wildman–Crippen LogP) is 0.580. The number of carbonyl (C=O) groups excluding carboxylic acids is 4. The van der Waals surface area contributed by atoms with Crippen molar-refractivity contribution >= 4 is 23.6 Å². The third-order valence-corrected chi connectivity index (χ3v) is 3.94. The maximum absolute atomic E-state index is 13.0. The van der Waals surface area contributed by atoms with E-state index in [1.165, 1.54) is 12.1 Å². The van der Waals surface area contributed by atoms with Gasteiger partial charge in [0.05, 0.1) is 6.42 Å². The van der Waals surface area contributed by atoms with Crippen molar-refractivity contribution in [2.45, 2.75) is 25.3 Å². The van der Waals surface area contributed by atoms with Gasteiger partial charge in [-0.15, -0.1) is 0 Å². The van der Waals surface area contributed by atoms with Gasteiger partial charge in [0.25, 0.3) is 11.8 Å². The van der Waals surface area contributed by atoms with Crippen LogP contribution in [0.1, 0.15) is 28.8 Å². The molecule has 152 valence electrons. The fourth-order valence-electron chi connectivity index (χ4n) is 2.44. The van der Waals surface area contributed by atoms with Crippen LogP contribution in [0.5, 0.6) is 0 Å². The summed E-state index contributed by atoms with van der Waals surface area (Å²) in [5, 5.41) is 2.45. The lowest BCUT2D eigenvalue weighted by Crippen LogP contribution is -2.52. The van der Waals surface area contributed by atoms with Crippen LogP contribution in [0.2, 0.25) is 0 Å². The van der Waals surface area contributed by atoms with E-state index < -0.39 is 35.5 Å². The highest BCUT2D eigenvalue weighted by Crippen LogP contribution is 2.05. The summed E-state index contributed by atoms with van der Waals surface area (Å²) in [7, 11) is 0. The average Bonchev–Trinajstić information content (AvgIpc) is 2.70. The molecule has 0 saturated carbocycles. The first-order valence-corrected chi connectivity index (χ1v) is 8.82. The van der Waals surface area contributed by atoms with Gasteiger partial charge < -0.3 is 11.1 Å². The minimum Gasteiger partial charge on any atom is -0.370 e. The molecule has 0 aliphatic carbocycles. The Kier molecular flexibility index (Phi) is 7.84. The Morgan fingerprint density at radius 2 is 1.59 bits per heavy atom. The molecular formula is C20H21FN4O4. The van der Waals surface area contributed by atoms with Crippen LogP contribution in [0.15, 0.2) is 54.6 Å². The van der Waals surface area contributed by atoms with Crippen molar-refractivity contribution in [1.82, 2.24) is 16.2 Å². The highest BCUT2D eigenvalue weighted by Gasteiger charge is 2.22. The second kappa shape index (κ2) is 10.5. The molecular weight excluding hydrogens is 379 g/mol. The van der Waals surface area contributed by atoms with Gasteiger partial charge in [-0.2, -0.15) is 0 Å². The third kappa shape index (κ3) is 7.41. The molecule has 0 aliphatic heterocycles. The molecule has 5 N–H and O–H groups in total. The normalized spacial score (nSPS) is 11.2. The summed E-state index contributed by atoms with van der Waals surface area (Å²) >= 11 is 0. The second-order valence-electron chi connectivity index (χ2n) is 6.24. The molecule has 8 nitrogen and oxygen atoms in total. The molecule has 0 saturated heterocycles. The van der Waals surface area contributed by atoms with Crippen LogP contribution in [0.3, 0.4) is 0 Å².